The third-order valence-electron chi connectivity index (χ3n) is 3.66. The Kier molecular flexibility index (Phi) is 7.35. The molecule has 0 saturated heterocycles. The van der Waals surface area contributed by atoms with Gasteiger partial charge in [0.15, 0.2) is 4.34 Å². The molecule has 146 valence electrons. The van der Waals surface area contributed by atoms with E-state index in [1.807, 2.05) is 30.3 Å². The number of carbonyl (C=O) groups excluding carboxylic acids is 1. The van der Waals surface area contributed by atoms with Crippen molar-refractivity contribution in [3.8, 4) is 0 Å². The molecule has 9 heteroatoms. The van der Waals surface area contributed by atoms with Gasteiger partial charge < -0.3 is 15.4 Å². The van der Waals surface area contributed by atoms with Crippen LogP contribution in [0.4, 0.5) is 15.2 Å². The van der Waals surface area contributed by atoms with Gasteiger partial charge in [-0.3, -0.25) is 4.79 Å². The van der Waals surface area contributed by atoms with Crippen molar-refractivity contribution in [3.63, 3.8) is 0 Å². The number of nitrogens with one attached hydrogen (secondary N) is 2. The van der Waals surface area contributed by atoms with E-state index < -0.39 is 5.25 Å². The molecule has 1 aromatic heterocycles. The van der Waals surface area contributed by atoms with Gasteiger partial charge in [0.1, 0.15) is 11.1 Å². The van der Waals surface area contributed by atoms with E-state index in [1.54, 1.807) is 7.11 Å². The van der Waals surface area contributed by atoms with Crippen LogP contribution in [-0.2, 0) is 9.53 Å². The summed E-state index contributed by atoms with van der Waals surface area (Å²) in [6.45, 7) is 1.19. The molecule has 1 heterocycles. The highest BCUT2D eigenvalue weighted by atomic mass is 32.2. The first kappa shape index (κ1) is 20.2. The first-order chi connectivity index (χ1) is 13.7. The fraction of sp³-hybridized carbons (Fsp3) is 0.211. The predicted octanol–water partition coefficient (Wildman–Crippen LogP) is 4.21. The summed E-state index contributed by atoms with van der Waals surface area (Å²) in [4.78, 5) is 12.9. The number of anilines is 2. The van der Waals surface area contributed by atoms with E-state index in [2.05, 4.69) is 20.8 Å². The molecule has 0 bridgehead atoms. The lowest BCUT2D eigenvalue weighted by molar-refractivity contribution is -0.115. The van der Waals surface area contributed by atoms with Gasteiger partial charge in [-0.2, -0.15) is 0 Å². The zero-order valence-electron chi connectivity index (χ0n) is 15.1. The van der Waals surface area contributed by atoms with Crippen molar-refractivity contribution in [1.82, 2.24) is 10.2 Å². The van der Waals surface area contributed by atoms with Gasteiger partial charge in [-0.1, -0.05) is 53.4 Å². The minimum absolute atomic E-state index is 0.216. The number of halogens is 1. The normalized spacial score (nSPS) is 11.8. The van der Waals surface area contributed by atoms with Gasteiger partial charge >= 0.3 is 0 Å². The summed E-state index contributed by atoms with van der Waals surface area (Å²) in [6, 6.07) is 15.1. The Morgan fingerprint density at radius 2 is 1.93 bits per heavy atom. The van der Waals surface area contributed by atoms with Crippen LogP contribution >= 0.6 is 23.1 Å². The lowest BCUT2D eigenvalue weighted by Crippen LogP contribution is -2.19. The number of nitrogens with zero attached hydrogens (tertiary/aromatic N) is 2. The van der Waals surface area contributed by atoms with Crippen LogP contribution in [-0.4, -0.2) is 36.4 Å². The van der Waals surface area contributed by atoms with Gasteiger partial charge in [-0.05, 0) is 29.8 Å². The van der Waals surface area contributed by atoms with Crippen LogP contribution < -0.4 is 10.6 Å². The minimum atomic E-state index is -0.522. The second kappa shape index (κ2) is 10.2. The van der Waals surface area contributed by atoms with Crippen molar-refractivity contribution < 1.29 is 13.9 Å². The third-order valence-corrected chi connectivity index (χ3v) is 5.88. The van der Waals surface area contributed by atoms with E-state index in [4.69, 9.17) is 4.74 Å². The lowest BCUT2D eigenvalue weighted by atomic mass is 10.1. The second-order valence-corrected chi connectivity index (χ2v) is 8.03. The van der Waals surface area contributed by atoms with Crippen molar-refractivity contribution in [2.75, 3.05) is 30.9 Å². The van der Waals surface area contributed by atoms with Gasteiger partial charge in [-0.15, -0.1) is 10.2 Å². The number of thioether (sulfide) groups is 1. The number of carbonyl (C=O) groups is 1. The first-order valence-corrected chi connectivity index (χ1v) is 10.2. The van der Waals surface area contributed by atoms with E-state index >= 15 is 0 Å². The monoisotopic (exact) mass is 418 g/mol. The molecule has 3 rings (SSSR count). The Hall–Kier alpha value is -2.49. The molecule has 0 aliphatic carbocycles. The van der Waals surface area contributed by atoms with Crippen LogP contribution in [0.25, 0.3) is 0 Å². The van der Waals surface area contributed by atoms with Crippen molar-refractivity contribution in [1.29, 1.82) is 0 Å². The molecular formula is C19H19FN4O2S2. The van der Waals surface area contributed by atoms with Crippen LogP contribution in [0.5, 0.6) is 0 Å². The molecular weight excluding hydrogens is 399 g/mol. The molecule has 0 saturated carbocycles. The Bertz CT molecular complexity index is 890. The quantitative estimate of drug-likeness (QED) is 0.401. The van der Waals surface area contributed by atoms with E-state index in [0.717, 1.165) is 5.56 Å². The summed E-state index contributed by atoms with van der Waals surface area (Å²) in [5.41, 5.74) is 1.38. The molecule has 0 aliphatic rings. The predicted molar refractivity (Wildman–Crippen MR) is 110 cm³/mol. The van der Waals surface area contributed by atoms with Crippen LogP contribution in [0.2, 0.25) is 0 Å². The summed E-state index contributed by atoms with van der Waals surface area (Å²) in [6.07, 6.45) is 0. The standard InChI is InChI=1S/C19H19FN4O2S2/c1-26-12-11-21-18-23-24-19(28-18)27-16(13-5-3-2-4-6-13)17(25)22-15-9-7-14(20)8-10-15/h2-10,16H,11-12H2,1H3,(H,21,23)(H,22,25)/t16-/m0/s1. The average Bonchev–Trinajstić information content (AvgIpc) is 3.16. The Morgan fingerprint density at radius 3 is 2.64 bits per heavy atom. The molecule has 0 spiro atoms. The highest BCUT2D eigenvalue weighted by molar-refractivity contribution is 8.02. The van der Waals surface area contributed by atoms with Crippen LogP contribution in [0, 0.1) is 5.82 Å². The van der Waals surface area contributed by atoms with Crippen molar-refractivity contribution >= 4 is 39.8 Å². The summed E-state index contributed by atoms with van der Waals surface area (Å²) >= 11 is 2.70. The zero-order valence-corrected chi connectivity index (χ0v) is 16.7. The van der Waals surface area contributed by atoms with E-state index in [-0.39, 0.29) is 11.7 Å². The van der Waals surface area contributed by atoms with Crippen molar-refractivity contribution in [2.45, 2.75) is 9.59 Å². The number of aromatic nitrogens is 2. The summed E-state index contributed by atoms with van der Waals surface area (Å²) < 4.78 is 18.8. The number of ether oxygens (including phenoxy) is 1. The average molecular weight is 419 g/mol. The second-order valence-electron chi connectivity index (χ2n) is 5.70. The van der Waals surface area contributed by atoms with Crippen LogP contribution in [0.15, 0.2) is 58.9 Å². The Morgan fingerprint density at radius 1 is 1.18 bits per heavy atom. The lowest BCUT2D eigenvalue weighted by Gasteiger charge is -2.15. The fourth-order valence-electron chi connectivity index (χ4n) is 2.33. The largest absolute Gasteiger partial charge is 0.383 e. The molecule has 1 atom stereocenters. The van der Waals surface area contributed by atoms with E-state index in [0.29, 0.717) is 28.3 Å². The van der Waals surface area contributed by atoms with Gasteiger partial charge in [0.25, 0.3) is 0 Å². The smallest absolute Gasteiger partial charge is 0.242 e. The van der Waals surface area contributed by atoms with Gasteiger partial charge in [0.2, 0.25) is 11.0 Å². The highest BCUT2D eigenvalue weighted by Crippen LogP contribution is 2.38. The Balaban J connectivity index is 1.74. The topological polar surface area (TPSA) is 76.1 Å². The summed E-state index contributed by atoms with van der Waals surface area (Å²) in [5, 5.41) is 14.4. The molecule has 28 heavy (non-hydrogen) atoms. The number of rotatable bonds is 9. The number of hydrogen-bond acceptors (Lipinski definition) is 7. The maximum atomic E-state index is 13.1. The molecule has 1 amide bonds. The molecule has 6 nitrogen and oxygen atoms in total. The minimum Gasteiger partial charge on any atom is -0.383 e. The first-order valence-electron chi connectivity index (χ1n) is 8.50. The number of hydrogen-bond donors (Lipinski definition) is 2. The molecule has 0 aliphatic heterocycles. The molecule has 2 aromatic carbocycles. The van der Waals surface area contributed by atoms with Gasteiger partial charge in [0, 0.05) is 19.3 Å². The molecule has 0 unspecified atom stereocenters. The highest BCUT2D eigenvalue weighted by Gasteiger charge is 2.24. The van der Waals surface area contributed by atoms with Crippen molar-refractivity contribution in [3.05, 3.63) is 66.0 Å². The Labute approximate surface area is 170 Å². The van der Waals surface area contributed by atoms with Crippen LogP contribution in [0.1, 0.15) is 10.8 Å². The number of benzene rings is 2. The number of methoxy groups -OCH3 is 1. The van der Waals surface area contributed by atoms with Crippen molar-refractivity contribution in [2.24, 2.45) is 0 Å². The molecule has 0 radical (unpaired) electrons. The SMILES string of the molecule is COCCNc1nnc(S[C@H](C(=O)Nc2ccc(F)cc2)c2ccccc2)s1. The maximum absolute atomic E-state index is 13.1. The van der Waals surface area contributed by atoms with E-state index in [1.165, 1.54) is 47.4 Å². The third kappa shape index (κ3) is 5.75. The summed E-state index contributed by atoms with van der Waals surface area (Å²) in [7, 11) is 1.63. The van der Waals surface area contributed by atoms with E-state index in [9.17, 15) is 9.18 Å². The fourth-order valence-corrected chi connectivity index (χ4v) is 4.30. The molecule has 0 fully saturated rings. The molecule has 2 N–H and O–H groups in total. The van der Waals surface area contributed by atoms with Gasteiger partial charge in [-0.25, -0.2) is 4.39 Å². The van der Waals surface area contributed by atoms with Gasteiger partial charge in [0.05, 0.1) is 6.61 Å². The van der Waals surface area contributed by atoms with Crippen LogP contribution in [0.3, 0.4) is 0 Å². The summed E-state index contributed by atoms with van der Waals surface area (Å²) in [5.74, 6) is -0.568. The molecule has 3 aromatic rings. The number of amides is 1. The maximum Gasteiger partial charge on any atom is 0.242 e. The zero-order chi connectivity index (χ0) is 19.8.